The second-order valence-electron chi connectivity index (χ2n) is 12.7. The molecule has 0 saturated carbocycles. The number of nitrogens with zero attached hydrogens (tertiary/aromatic N) is 1. The predicted molar refractivity (Wildman–Crippen MR) is 197 cm³/mol. The highest BCUT2D eigenvalue weighted by Gasteiger charge is 2.48. The first-order chi connectivity index (χ1) is 23.3. The lowest BCUT2D eigenvalue weighted by molar-refractivity contribution is 0.768. The first-order valence-electron chi connectivity index (χ1n) is 16.1. The zero-order valence-electron chi connectivity index (χ0n) is 25.5. The Morgan fingerprint density at radius 1 is 0.383 bits per heavy atom. The molecule has 0 fully saturated rings. The Morgan fingerprint density at radius 2 is 0.936 bits per heavy atom. The van der Waals surface area contributed by atoms with Crippen molar-refractivity contribution < 1.29 is 0 Å². The Labute approximate surface area is 273 Å². The summed E-state index contributed by atoms with van der Waals surface area (Å²) in [5.74, 6) is 0. The molecule has 0 bridgehead atoms. The molecule has 0 N–H and O–H groups in total. The molecule has 2 aliphatic rings. The number of fused-ring (bicyclic) bond motifs is 15. The molecular weight excluding hydrogens is 567 g/mol. The topological polar surface area (TPSA) is 4.36 Å². The smallest absolute Gasteiger partial charge is 0.187 e. The monoisotopic (exact) mass is 593 g/mol. The summed E-state index contributed by atoms with van der Waals surface area (Å²) in [6, 6.07) is 55.6. The number of hydrogen-bond donors (Lipinski definition) is 0. The van der Waals surface area contributed by atoms with E-state index in [4.69, 9.17) is 6.57 Å². The van der Waals surface area contributed by atoms with Crippen molar-refractivity contribution in [3.05, 3.63) is 196 Å². The van der Waals surface area contributed by atoms with Gasteiger partial charge in [-0.25, -0.2) is 4.85 Å². The summed E-state index contributed by atoms with van der Waals surface area (Å²) in [6.07, 6.45) is 4.58. The summed E-state index contributed by atoms with van der Waals surface area (Å²) in [4.78, 5) is 3.63. The van der Waals surface area contributed by atoms with Gasteiger partial charge in [-0.3, -0.25) is 0 Å². The second kappa shape index (κ2) is 9.63. The van der Waals surface area contributed by atoms with Crippen LogP contribution in [0.1, 0.15) is 33.4 Å². The van der Waals surface area contributed by atoms with Crippen LogP contribution >= 0.6 is 0 Å². The van der Waals surface area contributed by atoms with E-state index in [0.717, 1.165) is 11.1 Å². The quantitative estimate of drug-likeness (QED) is 0.132. The van der Waals surface area contributed by atoms with E-state index in [9.17, 15) is 0 Å². The van der Waals surface area contributed by atoms with Gasteiger partial charge in [0.05, 0.1) is 12.0 Å². The highest BCUT2D eigenvalue weighted by atomic mass is 14.6. The summed E-state index contributed by atoms with van der Waals surface area (Å²) in [6.45, 7) is 7.45. The lowest BCUT2D eigenvalue weighted by Gasteiger charge is -2.36. The average Bonchev–Trinajstić information content (AvgIpc) is 3.34. The number of hydrogen-bond acceptors (Lipinski definition) is 0. The molecule has 8 aromatic rings. The maximum Gasteiger partial charge on any atom is 0.187 e. The van der Waals surface area contributed by atoms with Gasteiger partial charge in [0.25, 0.3) is 0 Å². The van der Waals surface area contributed by atoms with Gasteiger partial charge in [0.1, 0.15) is 0 Å². The van der Waals surface area contributed by atoms with Crippen molar-refractivity contribution in [1.82, 2.24) is 0 Å². The lowest BCUT2D eigenvalue weighted by Crippen LogP contribution is -2.30. The Bertz CT molecular complexity index is 2690. The molecule has 2 aliphatic carbocycles. The highest BCUT2D eigenvalue weighted by molar-refractivity contribution is 6.26. The van der Waals surface area contributed by atoms with E-state index < -0.39 is 5.41 Å². The Hall–Kier alpha value is -6.23. The Balaban J connectivity index is 1.39. The van der Waals surface area contributed by atoms with Crippen molar-refractivity contribution in [2.75, 3.05) is 0 Å². The first kappa shape index (κ1) is 26.0. The van der Waals surface area contributed by atoms with Crippen molar-refractivity contribution in [3.8, 4) is 22.3 Å². The summed E-state index contributed by atoms with van der Waals surface area (Å²) >= 11 is 0. The van der Waals surface area contributed by atoms with Crippen LogP contribution in [0, 0.1) is 6.57 Å². The van der Waals surface area contributed by atoms with Gasteiger partial charge in [0.15, 0.2) is 5.69 Å². The van der Waals surface area contributed by atoms with Gasteiger partial charge in [-0.2, -0.15) is 0 Å². The highest BCUT2D eigenvalue weighted by Crippen LogP contribution is 2.60. The van der Waals surface area contributed by atoms with Crippen LogP contribution in [0.5, 0.6) is 0 Å². The number of rotatable bonds is 1. The molecular formula is C46H27N. The molecule has 0 saturated heterocycles. The standard InChI is InChI=1S/C46H27N/c1-47-33-24-22-29(23-25-33)32-21-20-31-19-18-30-10-2-8-16-42(30)46(44(31)26-32)43-17-9-7-15-38(43)41-27-39-36-13-5-3-11-34(36)35-12-4-6-14-37(35)40(39)28-45(41)46/h2-28H. The molecule has 1 spiro atoms. The third-order valence-electron chi connectivity index (χ3n) is 10.5. The Kier molecular flexibility index (Phi) is 5.34. The van der Waals surface area contributed by atoms with Crippen LogP contribution < -0.4 is 0 Å². The fraction of sp³-hybridized carbons (Fsp3) is 0.0217. The zero-order valence-corrected chi connectivity index (χ0v) is 25.5. The molecule has 10 rings (SSSR count). The Morgan fingerprint density at radius 3 is 1.64 bits per heavy atom. The molecule has 47 heavy (non-hydrogen) atoms. The van der Waals surface area contributed by atoms with Gasteiger partial charge in [-0.1, -0.05) is 146 Å². The SMILES string of the molecule is [C-]#[N+]c1ccc(-c2ccc3c(c2)C2(c4ccccc4C=C3)c3ccccc3-c3cc4c5ccccc5c5ccccc5c4cc32)cc1. The number of benzene rings is 8. The van der Waals surface area contributed by atoms with E-state index in [0.29, 0.717) is 5.69 Å². The van der Waals surface area contributed by atoms with E-state index in [-0.39, 0.29) is 0 Å². The molecule has 0 amide bonds. The van der Waals surface area contributed by atoms with Crippen LogP contribution in [0.2, 0.25) is 0 Å². The first-order valence-corrected chi connectivity index (χ1v) is 16.1. The van der Waals surface area contributed by atoms with Gasteiger partial charge in [0.2, 0.25) is 0 Å². The van der Waals surface area contributed by atoms with Crippen LogP contribution in [-0.2, 0) is 5.41 Å². The van der Waals surface area contributed by atoms with Crippen molar-refractivity contribution in [1.29, 1.82) is 0 Å². The minimum Gasteiger partial charge on any atom is -0.238 e. The van der Waals surface area contributed by atoms with Crippen molar-refractivity contribution >= 4 is 50.2 Å². The van der Waals surface area contributed by atoms with Gasteiger partial charge in [-0.05, 0) is 106 Å². The van der Waals surface area contributed by atoms with Crippen molar-refractivity contribution in [2.24, 2.45) is 0 Å². The molecule has 0 heterocycles. The van der Waals surface area contributed by atoms with Crippen LogP contribution in [0.15, 0.2) is 152 Å². The minimum absolute atomic E-state index is 0.533. The van der Waals surface area contributed by atoms with Crippen molar-refractivity contribution in [2.45, 2.75) is 5.41 Å². The average molecular weight is 594 g/mol. The minimum atomic E-state index is -0.533. The van der Waals surface area contributed by atoms with Gasteiger partial charge < -0.3 is 0 Å². The van der Waals surface area contributed by atoms with Gasteiger partial charge in [0, 0.05) is 0 Å². The molecule has 0 aromatic heterocycles. The fourth-order valence-corrected chi connectivity index (χ4v) is 8.50. The molecule has 1 nitrogen and oxygen atoms in total. The third kappa shape index (κ3) is 3.48. The molecule has 0 radical (unpaired) electrons. The molecule has 216 valence electrons. The molecule has 0 aliphatic heterocycles. The fourth-order valence-electron chi connectivity index (χ4n) is 8.50. The van der Waals surface area contributed by atoms with Crippen LogP contribution in [0.3, 0.4) is 0 Å². The maximum atomic E-state index is 7.45. The van der Waals surface area contributed by atoms with Crippen LogP contribution in [0.4, 0.5) is 5.69 Å². The summed E-state index contributed by atoms with van der Waals surface area (Å²) in [5, 5.41) is 7.72. The predicted octanol–water partition coefficient (Wildman–Crippen LogP) is 12.2. The zero-order chi connectivity index (χ0) is 31.1. The largest absolute Gasteiger partial charge is 0.238 e. The van der Waals surface area contributed by atoms with Crippen LogP contribution in [-0.4, -0.2) is 0 Å². The summed E-state index contributed by atoms with van der Waals surface area (Å²) < 4.78 is 0. The second-order valence-corrected chi connectivity index (χ2v) is 12.7. The van der Waals surface area contributed by atoms with Gasteiger partial charge in [-0.15, -0.1) is 0 Å². The van der Waals surface area contributed by atoms with Gasteiger partial charge >= 0.3 is 0 Å². The molecule has 1 unspecified atom stereocenters. The summed E-state index contributed by atoms with van der Waals surface area (Å²) in [5.41, 5.74) is 12.6. The van der Waals surface area contributed by atoms with Crippen LogP contribution in [0.25, 0.3) is 71.6 Å². The maximum absolute atomic E-state index is 7.45. The van der Waals surface area contributed by atoms with E-state index in [2.05, 4.69) is 157 Å². The molecule has 1 heteroatoms. The summed E-state index contributed by atoms with van der Waals surface area (Å²) in [7, 11) is 0. The van der Waals surface area contributed by atoms with E-state index in [1.54, 1.807) is 0 Å². The third-order valence-corrected chi connectivity index (χ3v) is 10.5. The van der Waals surface area contributed by atoms with E-state index >= 15 is 0 Å². The lowest BCUT2D eigenvalue weighted by atomic mass is 9.65. The van der Waals surface area contributed by atoms with Crippen molar-refractivity contribution in [3.63, 3.8) is 0 Å². The molecule has 8 aromatic carbocycles. The normalized spacial score (nSPS) is 15.6. The molecule has 1 atom stereocenters. The van der Waals surface area contributed by atoms with E-state index in [1.165, 1.54) is 76.8 Å². The van der Waals surface area contributed by atoms with E-state index in [1.807, 2.05) is 12.1 Å².